The maximum absolute atomic E-state index is 11.8. The van der Waals surface area contributed by atoms with E-state index in [4.69, 9.17) is 5.26 Å². The predicted octanol–water partition coefficient (Wildman–Crippen LogP) is 1.73. The number of carbonyl (C=O) groups excluding carboxylic acids is 1. The molecular weight excluding hydrogens is 214 g/mol. The molecule has 0 aliphatic carbocycles. The first-order chi connectivity index (χ1) is 8.10. The van der Waals surface area contributed by atoms with Crippen LogP contribution in [0.15, 0.2) is 0 Å². The monoisotopic (exact) mass is 239 g/mol. The van der Waals surface area contributed by atoms with E-state index in [0.29, 0.717) is 6.54 Å². The fraction of sp³-hybridized carbons (Fsp3) is 0.846. The third-order valence-electron chi connectivity index (χ3n) is 3.05. The molecule has 0 N–H and O–H groups in total. The van der Waals surface area contributed by atoms with Crippen molar-refractivity contribution in [2.75, 3.05) is 32.7 Å². The van der Waals surface area contributed by atoms with Gasteiger partial charge >= 0.3 is 0 Å². The number of nitrogens with zero attached hydrogens (tertiary/aromatic N) is 3. The molecule has 0 saturated carbocycles. The molecule has 0 aromatic carbocycles. The molecule has 0 aromatic heterocycles. The summed E-state index contributed by atoms with van der Waals surface area (Å²) in [5.74, 6) is -0.571. The van der Waals surface area contributed by atoms with Crippen LogP contribution in [0.4, 0.5) is 0 Å². The number of rotatable bonds is 8. The van der Waals surface area contributed by atoms with Gasteiger partial charge in [0.25, 0.3) is 0 Å². The van der Waals surface area contributed by atoms with Crippen LogP contribution in [-0.4, -0.2) is 48.4 Å². The van der Waals surface area contributed by atoms with Crippen molar-refractivity contribution in [2.45, 2.75) is 34.1 Å². The second kappa shape index (κ2) is 9.00. The van der Waals surface area contributed by atoms with Crippen LogP contribution in [0.1, 0.15) is 34.1 Å². The Morgan fingerprint density at radius 2 is 1.76 bits per heavy atom. The normalized spacial score (nSPS) is 12.2. The van der Waals surface area contributed by atoms with E-state index in [0.717, 1.165) is 32.6 Å². The maximum atomic E-state index is 11.8. The highest BCUT2D eigenvalue weighted by Gasteiger charge is 2.18. The van der Waals surface area contributed by atoms with Gasteiger partial charge < -0.3 is 9.80 Å². The minimum Gasteiger partial charge on any atom is -0.342 e. The van der Waals surface area contributed by atoms with Crippen LogP contribution in [0.2, 0.25) is 0 Å². The van der Waals surface area contributed by atoms with Crippen LogP contribution in [0.5, 0.6) is 0 Å². The number of carbonyl (C=O) groups is 1. The predicted molar refractivity (Wildman–Crippen MR) is 69.4 cm³/mol. The number of amides is 1. The van der Waals surface area contributed by atoms with E-state index in [9.17, 15) is 4.79 Å². The molecule has 98 valence electrons. The van der Waals surface area contributed by atoms with Crippen molar-refractivity contribution in [2.24, 2.45) is 5.92 Å². The highest BCUT2D eigenvalue weighted by molar-refractivity contribution is 5.80. The average Bonchev–Trinajstić information content (AvgIpc) is 2.37. The summed E-state index contributed by atoms with van der Waals surface area (Å²) in [6.07, 6.45) is 0.972. The molecule has 0 spiro atoms. The maximum Gasteiger partial charge on any atom is 0.239 e. The smallest absolute Gasteiger partial charge is 0.239 e. The largest absolute Gasteiger partial charge is 0.342 e. The van der Waals surface area contributed by atoms with Gasteiger partial charge in [-0.05, 0) is 39.9 Å². The summed E-state index contributed by atoms with van der Waals surface area (Å²) >= 11 is 0. The van der Waals surface area contributed by atoms with E-state index in [1.54, 1.807) is 11.8 Å². The Morgan fingerprint density at radius 3 is 2.18 bits per heavy atom. The van der Waals surface area contributed by atoms with Gasteiger partial charge in [0, 0.05) is 13.1 Å². The van der Waals surface area contributed by atoms with Crippen LogP contribution in [0.3, 0.4) is 0 Å². The van der Waals surface area contributed by atoms with Crippen LogP contribution >= 0.6 is 0 Å². The Balaban J connectivity index is 4.07. The lowest BCUT2D eigenvalue weighted by atomic mass is 10.1. The van der Waals surface area contributed by atoms with Crippen molar-refractivity contribution < 1.29 is 4.79 Å². The fourth-order valence-electron chi connectivity index (χ4n) is 1.78. The van der Waals surface area contributed by atoms with E-state index in [1.807, 2.05) is 13.0 Å². The molecule has 0 radical (unpaired) electrons. The van der Waals surface area contributed by atoms with Crippen LogP contribution in [0.25, 0.3) is 0 Å². The Morgan fingerprint density at radius 1 is 1.18 bits per heavy atom. The summed E-state index contributed by atoms with van der Waals surface area (Å²) in [6, 6.07) is 2.00. The van der Waals surface area contributed by atoms with Gasteiger partial charge in [-0.3, -0.25) is 4.79 Å². The Kier molecular flexibility index (Phi) is 8.43. The van der Waals surface area contributed by atoms with Gasteiger partial charge in [0.15, 0.2) is 0 Å². The van der Waals surface area contributed by atoms with Crippen molar-refractivity contribution in [3.8, 4) is 6.07 Å². The first-order valence-electron chi connectivity index (χ1n) is 6.51. The van der Waals surface area contributed by atoms with Crippen LogP contribution < -0.4 is 0 Å². The lowest BCUT2D eigenvalue weighted by molar-refractivity contribution is -0.133. The van der Waals surface area contributed by atoms with Gasteiger partial charge in [-0.15, -0.1) is 0 Å². The first kappa shape index (κ1) is 15.9. The lowest BCUT2D eigenvalue weighted by Crippen LogP contribution is -2.37. The molecule has 1 unspecified atom stereocenters. The van der Waals surface area contributed by atoms with E-state index < -0.39 is 5.92 Å². The molecule has 1 amide bonds. The first-order valence-corrected chi connectivity index (χ1v) is 6.51. The standard InChI is InChI=1S/C13H25N3O/c1-5-15(6-2)9-8-10-16(7-3)13(17)12(4)11-14/h12H,5-10H2,1-4H3. The molecule has 0 aliphatic rings. The summed E-state index contributed by atoms with van der Waals surface area (Å²) in [4.78, 5) is 15.9. The van der Waals surface area contributed by atoms with Crippen molar-refractivity contribution in [1.29, 1.82) is 5.26 Å². The number of hydrogen-bond donors (Lipinski definition) is 0. The zero-order valence-corrected chi connectivity index (χ0v) is 11.6. The molecule has 4 nitrogen and oxygen atoms in total. The van der Waals surface area contributed by atoms with E-state index in [1.165, 1.54) is 0 Å². The second-order valence-electron chi connectivity index (χ2n) is 4.15. The summed E-state index contributed by atoms with van der Waals surface area (Å²) in [5, 5.41) is 8.73. The summed E-state index contributed by atoms with van der Waals surface area (Å²) in [7, 11) is 0. The van der Waals surface area contributed by atoms with Gasteiger partial charge in [-0.25, -0.2) is 0 Å². The number of nitriles is 1. The number of hydrogen-bond acceptors (Lipinski definition) is 3. The fourth-order valence-corrected chi connectivity index (χ4v) is 1.78. The van der Waals surface area contributed by atoms with Gasteiger partial charge in [0.1, 0.15) is 5.92 Å². The van der Waals surface area contributed by atoms with Gasteiger partial charge in [0.05, 0.1) is 6.07 Å². The molecule has 1 atom stereocenters. The van der Waals surface area contributed by atoms with Crippen molar-refractivity contribution in [1.82, 2.24) is 9.80 Å². The van der Waals surface area contributed by atoms with E-state index in [2.05, 4.69) is 18.7 Å². The van der Waals surface area contributed by atoms with E-state index in [-0.39, 0.29) is 5.91 Å². The molecule has 0 saturated heterocycles. The van der Waals surface area contributed by atoms with Gasteiger partial charge in [-0.1, -0.05) is 13.8 Å². The second-order valence-corrected chi connectivity index (χ2v) is 4.15. The molecule has 0 rings (SSSR count). The Labute approximate surface area is 105 Å². The molecule has 4 heteroatoms. The summed E-state index contributed by atoms with van der Waals surface area (Å²) < 4.78 is 0. The molecule has 17 heavy (non-hydrogen) atoms. The zero-order chi connectivity index (χ0) is 13.3. The Hall–Kier alpha value is -1.08. The minimum atomic E-state index is -0.525. The van der Waals surface area contributed by atoms with Gasteiger partial charge in [-0.2, -0.15) is 5.26 Å². The zero-order valence-electron chi connectivity index (χ0n) is 11.6. The molecular formula is C13H25N3O. The average molecular weight is 239 g/mol. The molecule has 0 aromatic rings. The summed E-state index contributed by atoms with van der Waals surface area (Å²) in [5.41, 5.74) is 0. The lowest BCUT2D eigenvalue weighted by Gasteiger charge is -2.24. The highest BCUT2D eigenvalue weighted by atomic mass is 16.2. The third kappa shape index (κ3) is 5.69. The van der Waals surface area contributed by atoms with E-state index >= 15 is 0 Å². The highest BCUT2D eigenvalue weighted by Crippen LogP contribution is 2.03. The Bertz CT molecular complexity index is 256. The molecule has 0 bridgehead atoms. The SMILES string of the molecule is CCN(CC)CCCN(CC)C(=O)C(C)C#N. The quantitative estimate of drug-likeness (QED) is 0.648. The molecule has 0 fully saturated rings. The molecule has 0 aliphatic heterocycles. The topological polar surface area (TPSA) is 47.3 Å². The minimum absolute atomic E-state index is 0.0467. The van der Waals surface area contributed by atoms with Crippen LogP contribution in [-0.2, 0) is 4.79 Å². The van der Waals surface area contributed by atoms with Crippen LogP contribution in [0, 0.1) is 17.2 Å². The van der Waals surface area contributed by atoms with Gasteiger partial charge in [0.2, 0.25) is 5.91 Å². The van der Waals surface area contributed by atoms with Crippen molar-refractivity contribution in [3.63, 3.8) is 0 Å². The molecule has 0 heterocycles. The third-order valence-corrected chi connectivity index (χ3v) is 3.05. The van der Waals surface area contributed by atoms with Crippen molar-refractivity contribution >= 4 is 5.91 Å². The van der Waals surface area contributed by atoms with Crippen molar-refractivity contribution in [3.05, 3.63) is 0 Å². The summed E-state index contributed by atoms with van der Waals surface area (Å²) in [6.45, 7) is 12.4.